The molecule has 172 valence electrons. The fourth-order valence-corrected chi connectivity index (χ4v) is 4.59. The number of unbranched alkanes of at least 4 members (excludes halogenated alkanes) is 2. The third-order valence-corrected chi connectivity index (χ3v) is 7.98. The van der Waals surface area contributed by atoms with Gasteiger partial charge in [0.25, 0.3) is 0 Å². The van der Waals surface area contributed by atoms with Gasteiger partial charge in [-0.25, -0.2) is 0 Å². The van der Waals surface area contributed by atoms with Gasteiger partial charge in [-0.2, -0.15) is 0 Å². The molecule has 0 aromatic carbocycles. The molecule has 0 aromatic heterocycles. The second kappa shape index (κ2) is 17.3. The number of ether oxygens (including phenoxy) is 2. The molecule has 6 heteroatoms. The van der Waals surface area contributed by atoms with E-state index < -0.39 is 0 Å². The van der Waals surface area contributed by atoms with Crippen LogP contribution >= 0.6 is 23.5 Å². The fourth-order valence-electron chi connectivity index (χ4n) is 2.81. The van der Waals surface area contributed by atoms with Crippen molar-refractivity contribution in [1.82, 2.24) is 0 Å². The van der Waals surface area contributed by atoms with Crippen LogP contribution in [0, 0.1) is 11.8 Å². The molecule has 2 atom stereocenters. The van der Waals surface area contributed by atoms with E-state index in [1.54, 1.807) is 0 Å². The first-order valence-electron chi connectivity index (χ1n) is 11.4. The Labute approximate surface area is 188 Å². The van der Waals surface area contributed by atoms with E-state index in [9.17, 15) is 9.59 Å². The average molecular weight is 449 g/mol. The molecule has 0 rings (SSSR count). The third kappa shape index (κ3) is 16.1. The zero-order valence-corrected chi connectivity index (χ0v) is 21.2. The molecule has 0 aliphatic heterocycles. The Kier molecular flexibility index (Phi) is 17.1. The highest BCUT2D eigenvalue weighted by Gasteiger charge is 2.23. The summed E-state index contributed by atoms with van der Waals surface area (Å²) in [5, 5.41) is 0. The van der Waals surface area contributed by atoms with Crippen molar-refractivity contribution in [3.8, 4) is 0 Å². The van der Waals surface area contributed by atoms with Gasteiger partial charge in [0.05, 0.1) is 28.8 Å². The van der Waals surface area contributed by atoms with Crippen LogP contribution in [0.15, 0.2) is 0 Å². The van der Waals surface area contributed by atoms with E-state index in [1.165, 1.54) is 49.2 Å². The van der Waals surface area contributed by atoms with Gasteiger partial charge in [0, 0.05) is 0 Å². The lowest BCUT2D eigenvalue weighted by atomic mass is 10.0. The van der Waals surface area contributed by atoms with Crippen molar-refractivity contribution >= 4 is 35.5 Å². The van der Waals surface area contributed by atoms with Gasteiger partial charge in [-0.15, -0.1) is 23.5 Å². The summed E-state index contributed by atoms with van der Waals surface area (Å²) in [6.45, 7) is 13.8. The van der Waals surface area contributed by atoms with Gasteiger partial charge in [0.2, 0.25) is 0 Å². The molecule has 0 bridgehead atoms. The predicted molar refractivity (Wildman–Crippen MR) is 128 cm³/mol. The number of rotatable bonds is 18. The van der Waals surface area contributed by atoms with E-state index in [0.717, 1.165) is 25.7 Å². The van der Waals surface area contributed by atoms with E-state index >= 15 is 0 Å². The van der Waals surface area contributed by atoms with Crippen molar-refractivity contribution in [3.63, 3.8) is 0 Å². The molecular formula is C23H44O4S2. The van der Waals surface area contributed by atoms with Gasteiger partial charge < -0.3 is 9.47 Å². The van der Waals surface area contributed by atoms with Crippen LogP contribution in [0.25, 0.3) is 0 Å². The molecule has 4 nitrogen and oxygen atoms in total. The van der Waals surface area contributed by atoms with Crippen molar-refractivity contribution < 1.29 is 19.1 Å². The van der Waals surface area contributed by atoms with Crippen LogP contribution in [0.2, 0.25) is 0 Å². The van der Waals surface area contributed by atoms with E-state index in [1.807, 2.05) is 13.8 Å². The van der Waals surface area contributed by atoms with Gasteiger partial charge >= 0.3 is 11.9 Å². The minimum Gasteiger partial charge on any atom is -0.465 e. The highest BCUT2D eigenvalue weighted by Crippen LogP contribution is 2.36. The van der Waals surface area contributed by atoms with Gasteiger partial charge in [0.15, 0.2) is 0 Å². The first-order valence-corrected chi connectivity index (χ1v) is 13.3. The number of esters is 2. The average Bonchev–Trinajstić information content (AvgIpc) is 2.71. The molecule has 0 N–H and O–H groups in total. The predicted octanol–water partition coefficient (Wildman–Crippen LogP) is 6.71. The Morgan fingerprint density at radius 3 is 1.45 bits per heavy atom. The van der Waals surface area contributed by atoms with Crippen molar-refractivity contribution in [2.75, 3.05) is 24.7 Å². The first-order chi connectivity index (χ1) is 13.8. The highest BCUT2D eigenvalue weighted by atomic mass is 32.2. The Bertz CT molecular complexity index is 403. The lowest BCUT2D eigenvalue weighted by Gasteiger charge is -2.23. The van der Waals surface area contributed by atoms with Crippen LogP contribution < -0.4 is 0 Å². The lowest BCUT2D eigenvalue weighted by Crippen LogP contribution is -2.21. The first kappa shape index (κ1) is 28.6. The molecule has 0 radical (unpaired) electrons. The summed E-state index contributed by atoms with van der Waals surface area (Å²) >= 11 is 3.05. The SMILES string of the molecule is CCCCC(CC)COC(=O)CSC(C)(C)SCC(=O)OCC(CC)CCCC. The van der Waals surface area contributed by atoms with Crippen LogP contribution in [0.5, 0.6) is 0 Å². The molecule has 0 heterocycles. The lowest BCUT2D eigenvalue weighted by molar-refractivity contribution is -0.142. The quantitative estimate of drug-likeness (QED) is 0.172. The topological polar surface area (TPSA) is 52.6 Å². The third-order valence-electron chi connectivity index (χ3n) is 5.12. The van der Waals surface area contributed by atoms with Crippen molar-refractivity contribution in [2.45, 2.75) is 97.0 Å². The Morgan fingerprint density at radius 1 is 0.759 bits per heavy atom. The molecule has 0 saturated carbocycles. The maximum Gasteiger partial charge on any atom is 0.315 e. The summed E-state index contributed by atoms with van der Waals surface area (Å²) in [4.78, 5) is 24.1. The van der Waals surface area contributed by atoms with Gasteiger partial charge in [-0.3, -0.25) is 9.59 Å². The summed E-state index contributed by atoms with van der Waals surface area (Å²) < 4.78 is 10.7. The standard InChI is InChI=1S/C23H44O4S2/c1-7-11-13-19(9-3)15-26-21(24)17-28-23(5,6)29-18-22(25)27-16-20(10-4)14-12-8-2/h19-20H,7-18H2,1-6H3. The minimum absolute atomic E-state index is 0.164. The normalized spacial score (nSPS) is 13.7. The molecule has 0 saturated heterocycles. The Balaban J connectivity index is 4.09. The number of carbonyl (C=O) groups is 2. The zero-order chi connectivity index (χ0) is 22.1. The smallest absolute Gasteiger partial charge is 0.315 e. The molecule has 0 fully saturated rings. The summed E-state index contributed by atoms with van der Waals surface area (Å²) in [6, 6.07) is 0. The summed E-state index contributed by atoms with van der Waals surface area (Å²) in [6.07, 6.45) is 9.03. The monoisotopic (exact) mass is 448 g/mol. The number of hydrogen-bond acceptors (Lipinski definition) is 6. The van der Waals surface area contributed by atoms with Crippen LogP contribution in [0.1, 0.15) is 92.9 Å². The zero-order valence-electron chi connectivity index (χ0n) is 19.6. The van der Waals surface area contributed by atoms with Crippen molar-refractivity contribution in [1.29, 1.82) is 0 Å². The van der Waals surface area contributed by atoms with Crippen LogP contribution in [-0.4, -0.2) is 40.7 Å². The second-order valence-corrected chi connectivity index (χ2v) is 11.6. The number of carbonyl (C=O) groups excluding carboxylic acids is 2. The maximum atomic E-state index is 12.1. The van der Waals surface area contributed by atoms with Crippen molar-refractivity contribution in [2.24, 2.45) is 11.8 Å². The Hall–Kier alpha value is -0.360. The van der Waals surface area contributed by atoms with Gasteiger partial charge in [0.1, 0.15) is 0 Å². The number of hydrogen-bond donors (Lipinski definition) is 0. The van der Waals surface area contributed by atoms with E-state index in [-0.39, 0.29) is 16.0 Å². The molecular weight excluding hydrogens is 404 g/mol. The maximum absolute atomic E-state index is 12.1. The molecule has 0 aliphatic carbocycles. The van der Waals surface area contributed by atoms with Crippen LogP contribution in [0.4, 0.5) is 0 Å². The van der Waals surface area contributed by atoms with Crippen LogP contribution in [-0.2, 0) is 19.1 Å². The summed E-state index contributed by atoms with van der Waals surface area (Å²) in [7, 11) is 0. The second-order valence-electron chi connectivity index (χ2n) is 8.18. The molecule has 0 aliphatic rings. The van der Waals surface area contributed by atoms with Crippen molar-refractivity contribution in [3.05, 3.63) is 0 Å². The molecule has 2 unspecified atom stereocenters. The van der Waals surface area contributed by atoms with E-state index in [2.05, 4.69) is 27.7 Å². The van der Waals surface area contributed by atoms with Crippen LogP contribution in [0.3, 0.4) is 0 Å². The molecule has 29 heavy (non-hydrogen) atoms. The van der Waals surface area contributed by atoms with E-state index in [4.69, 9.17) is 9.47 Å². The number of thioether (sulfide) groups is 2. The fraction of sp³-hybridized carbons (Fsp3) is 0.913. The highest BCUT2D eigenvalue weighted by molar-refractivity contribution is 8.18. The van der Waals surface area contributed by atoms with Gasteiger partial charge in [-0.05, 0) is 38.5 Å². The summed E-state index contributed by atoms with van der Waals surface area (Å²) in [5.41, 5.74) is 0. The summed E-state index contributed by atoms with van der Waals surface area (Å²) in [5.74, 6) is 1.23. The molecule has 0 aromatic rings. The molecule has 0 spiro atoms. The van der Waals surface area contributed by atoms with Gasteiger partial charge in [-0.1, -0.05) is 66.2 Å². The Morgan fingerprint density at radius 2 is 1.14 bits per heavy atom. The minimum atomic E-state index is -0.239. The largest absolute Gasteiger partial charge is 0.465 e. The van der Waals surface area contributed by atoms with E-state index in [0.29, 0.717) is 36.6 Å². The molecule has 0 amide bonds.